The number of aryl methyl sites for hydroxylation is 1. The second-order valence-electron chi connectivity index (χ2n) is 6.47. The van der Waals surface area contributed by atoms with Crippen molar-refractivity contribution in [3.05, 3.63) is 28.2 Å². The number of nitrogens with zero attached hydrogens (tertiary/aromatic N) is 1. The Bertz CT molecular complexity index is 566. The summed E-state index contributed by atoms with van der Waals surface area (Å²) < 4.78 is 6.44. The summed E-state index contributed by atoms with van der Waals surface area (Å²) in [6.07, 6.45) is 8.22. The van der Waals surface area contributed by atoms with E-state index in [4.69, 9.17) is 4.74 Å². The van der Waals surface area contributed by atoms with Gasteiger partial charge >= 0.3 is 0 Å². The van der Waals surface area contributed by atoms with Crippen LogP contribution in [0.4, 0.5) is 0 Å². The van der Waals surface area contributed by atoms with Crippen LogP contribution >= 0.6 is 27.7 Å². The van der Waals surface area contributed by atoms with Crippen LogP contribution in [-0.2, 0) is 11.2 Å². The van der Waals surface area contributed by atoms with Gasteiger partial charge in [0.1, 0.15) is 5.75 Å². The van der Waals surface area contributed by atoms with Crippen LogP contribution < -0.4 is 4.74 Å². The third-order valence-corrected chi connectivity index (χ3v) is 6.71. The number of fused-ring (bicyclic) bond motifs is 2. The molecule has 0 aliphatic carbocycles. The number of thioether (sulfide) groups is 1. The minimum Gasteiger partial charge on any atom is -0.496 e. The first-order chi connectivity index (χ1) is 11.1. The number of benzene rings is 1. The highest BCUT2D eigenvalue weighted by molar-refractivity contribution is 9.10. The summed E-state index contributed by atoms with van der Waals surface area (Å²) in [4.78, 5) is 15.0. The fourth-order valence-corrected chi connectivity index (χ4v) is 5.28. The molecule has 0 N–H and O–H groups in total. The van der Waals surface area contributed by atoms with Crippen LogP contribution in [0.5, 0.6) is 5.75 Å². The minimum atomic E-state index is 0.319. The van der Waals surface area contributed by atoms with Crippen LogP contribution in [0.2, 0.25) is 0 Å². The van der Waals surface area contributed by atoms with E-state index < -0.39 is 0 Å². The molecule has 2 saturated heterocycles. The molecule has 0 radical (unpaired) electrons. The van der Waals surface area contributed by atoms with Crippen molar-refractivity contribution in [2.45, 2.75) is 55.9 Å². The lowest BCUT2D eigenvalue weighted by molar-refractivity contribution is -0.135. The average molecular weight is 398 g/mol. The molecule has 0 spiro atoms. The van der Waals surface area contributed by atoms with Gasteiger partial charge in [-0.05, 0) is 62.1 Å². The quantitative estimate of drug-likeness (QED) is 0.742. The molecule has 2 aliphatic rings. The van der Waals surface area contributed by atoms with E-state index in [9.17, 15) is 4.79 Å². The van der Waals surface area contributed by atoms with Crippen molar-refractivity contribution in [3.8, 4) is 5.75 Å². The predicted octanol–water partition coefficient (Wildman–Crippen LogP) is 4.28. The highest BCUT2D eigenvalue weighted by Crippen LogP contribution is 2.40. The molecule has 23 heavy (non-hydrogen) atoms. The standard InChI is InChI=1S/C18H24BrNO2S/c1-22-17-7-4-13(19)9-12(17)3-8-18(21)20-14-5-6-15(20)11-16(10-14)23-2/h4,7,9,14-16H,3,5-6,8,10-11H2,1-2H3/t14-,15-/m0/s1. The number of piperidine rings is 1. The van der Waals surface area contributed by atoms with Crippen LogP contribution in [0.1, 0.15) is 37.7 Å². The number of halogens is 1. The van der Waals surface area contributed by atoms with Crippen LogP contribution in [0, 0.1) is 0 Å². The van der Waals surface area contributed by atoms with Gasteiger partial charge in [0, 0.05) is 28.2 Å². The van der Waals surface area contributed by atoms with Crippen molar-refractivity contribution in [3.63, 3.8) is 0 Å². The monoisotopic (exact) mass is 397 g/mol. The largest absolute Gasteiger partial charge is 0.496 e. The van der Waals surface area contributed by atoms with E-state index >= 15 is 0 Å². The number of amides is 1. The third-order valence-electron chi connectivity index (χ3n) is 5.16. The Balaban J connectivity index is 1.63. The number of rotatable bonds is 5. The molecule has 2 atom stereocenters. The van der Waals surface area contributed by atoms with E-state index in [-0.39, 0.29) is 0 Å². The van der Waals surface area contributed by atoms with E-state index in [0.717, 1.165) is 27.5 Å². The van der Waals surface area contributed by atoms with Crippen LogP contribution in [0.25, 0.3) is 0 Å². The van der Waals surface area contributed by atoms with Gasteiger partial charge < -0.3 is 9.64 Å². The Morgan fingerprint density at radius 1 is 1.35 bits per heavy atom. The molecule has 126 valence electrons. The normalized spacial score (nSPS) is 26.4. The molecule has 3 rings (SSSR count). The van der Waals surface area contributed by atoms with Crippen molar-refractivity contribution >= 4 is 33.6 Å². The molecular formula is C18H24BrNO2S. The predicted molar refractivity (Wildman–Crippen MR) is 99.2 cm³/mol. The van der Waals surface area contributed by atoms with E-state index in [1.54, 1.807) is 7.11 Å². The highest BCUT2D eigenvalue weighted by atomic mass is 79.9. The number of methoxy groups -OCH3 is 1. The fourth-order valence-electron chi connectivity index (χ4n) is 4.04. The first kappa shape index (κ1) is 17.2. The fraction of sp³-hybridized carbons (Fsp3) is 0.611. The Labute approximate surface area is 151 Å². The highest BCUT2D eigenvalue weighted by Gasteiger charge is 2.42. The molecule has 0 unspecified atom stereocenters. The van der Waals surface area contributed by atoms with Crippen LogP contribution in [-0.4, -0.2) is 41.5 Å². The lowest BCUT2D eigenvalue weighted by atomic mass is 10.0. The molecule has 2 aliphatic heterocycles. The summed E-state index contributed by atoms with van der Waals surface area (Å²) in [5, 5.41) is 0.738. The van der Waals surface area contributed by atoms with Crippen molar-refractivity contribution in [2.24, 2.45) is 0 Å². The van der Waals surface area contributed by atoms with E-state index in [1.807, 2.05) is 23.9 Å². The Kier molecular flexibility index (Phi) is 5.57. The molecule has 1 aromatic rings. The topological polar surface area (TPSA) is 29.5 Å². The summed E-state index contributed by atoms with van der Waals surface area (Å²) in [7, 11) is 1.68. The number of carbonyl (C=O) groups is 1. The average Bonchev–Trinajstić information content (AvgIpc) is 2.83. The van der Waals surface area contributed by atoms with E-state index in [0.29, 0.717) is 24.4 Å². The Morgan fingerprint density at radius 2 is 2.04 bits per heavy atom. The van der Waals surface area contributed by atoms with Gasteiger partial charge in [0.25, 0.3) is 0 Å². The number of ether oxygens (including phenoxy) is 1. The Morgan fingerprint density at radius 3 is 2.65 bits per heavy atom. The number of hydrogen-bond acceptors (Lipinski definition) is 3. The lowest BCUT2D eigenvalue weighted by Gasteiger charge is -2.38. The molecule has 0 saturated carbocycles. The summed E-state index contributed by atoms with van der Waals surface area (Å²) >= 11 is 5.46. The molecular weight excluding hydrogens is 374 g/mol. The van der Waals surface area contributed by atoms with Crippen molar-refractivity contribution in [1.29, 1.82) is 0 Å². The molecule has 3 nitrogen and oxygen atoms in total. The lowest BCUT2D eigenvalue weighted by Crippen LogP contribution is -2.47. The zero-order valence-corrected chi connectivity index (χ0v) is 16.2. The maximum absolute atomic E-state index is 12.8. The zero-order valence-electron chi connectivity index (χ0n) is 13.8. The first-order valence-electron chi connectivity index (χ1n) is 8.28. The number of hydrogen-bond donors (Lipinski definition) is 0. The molecule has 2 fully saturated rings. The summed E-state index contributed by atoms with van der Waals surface area (Å²) in [6.45, 7) is 0. The first-order valence-corrected chi connectivity index (χ1v) is 10.4. The molecule has 1 amide bonds. The maximum Gasteiger partial charge on any atom is 0.223 e. The van der Waals surface area contributed by atoms with Gasteiger partial charge in [-0.3, -0.25) is 4.79 Å². The van der Waals surface area contributed by atoms with Crippen LogP contribution in [0.3, 0.4) is 0 Å². The van der Waals surface area contributed by atoms with Gasteiger partial charge in [0.05, 0.1) is 7.11 Å². The van der Waals surface area contributed by atoms with E-state index in [1.165, 1.54) is 25.7 Å². The van der Waals surface area contributed by atoms with Gasteiger partial charge in [-0.1, -0.05) is 15.9 Å². The third kappa shape index (κ3) is 3.71. The second-order valence-corrected chi connectivity index (χ2v) is 8.53. The minimum absolute atomic E-state index is 0.319. The van der Waals surface area contributed by atoms with Gasteiger partial charge in [0.15, 0.2) is 0 Å². The SMILES string of the molecule is COc1ccc(Br)cc1CCC(=O)N1[C@H]2CC[C@H]1CC(SC)C2. The van der Waals surface area contributed by atoms with E-state index in [2.05, 4.69) is 33.2 Å². The van der Waals surface area contributed by atoms with Crippen molar-refractivity contribution in [2.75, 3.05) is 13.4 Å². The molecule has 2 bridgehead atoms. The summed E-state index contributed by atoms with van der Waals surface area (Å²) in [5.74, 6) is 1.18. The van der Waals surface area contributed by atoms with Gasteiger partial charge in [-0.25, -0.2) is 0 Å². The molecule has 1 aromatic carbocycles. The molecule has 2 heterocycles. The van der Waals surface area contributed by atoms with Gasteiger partial charge in [-0.15, -0.1) is 0 Å². The summed E-state index contributed by atoms with van der Waals surface area (Å²) in [6, 6.07) is 6.93. The molecule has 5 heteroatoms. The van der Waals surface area contributed by atoms with Crippen molar-refractivity contribution in [1.82, 2.24) is 4.90 Å². The summed E-state index contributed by atoms with van der Waals surface area (Å²) in [5.41, 5.74) is 1.10. The van der Waals surface area contributed by atoms with Gasteiger partial charge in [0.2, 0.25) is 5.91 Å². The van der Waals surface area contributed by atoms with Crippen molar-refractivity contribution < 1.29 is 9.53 Å². The Hall–Kier alpha value is -0.680. The number of carbonyl (C=O) groups excluding carboxylic acids is 1. The maximum atomic E-state index is 12.8. The van der Waals surface area contributed by atoms with Gasteiger partial charge in [-0.2, -0.15) is 11.8 Å². The zero-order chi connectivity index (χ0) is 16.4. The molecule has 0 aromatic heterocycles. The second kappa shape index (κ2) is 7.47. The van der Waals surface area contributed by atoms with Crippen LogP contribution in [0.15, 0.2) is 22.7 Å². The smallest absolute Gasteiger partial charge is 0.223 e.